The lowest BCUT2D eigenvalue weighted by molar-refractivity contribution is 0.0955. The highest BCUT2D eigenvalue weighted by atomic mass is 127. The lowest BCUT2D eigenvalue weighted by Gasteiger charge is -2.05. The Morgan fingerprint density at radius 1 is 1.32 bits per heavy atom. The number of halogens is 2. The van der Waals surface area contributed by atoms with E-state index in [2.05, 4.69) is 33.1 Å². The van der Waals surface area contributed by atoms with Crippen molar-refractivity contribution in [1.29, 1.82) is 0 Å². The summed E-state index contributed by atoms with van der Waals surface area (Å²) in [5.41, 5.74) is 3.86. The molecule has 2 rings (SSSR count). The number of amides is 1. The van der Waals surface area contributed by atoms with E-state index in [4.69, 9.17) is 16.3 Å². The van der Waals surface area contributed by atoms with Gasteiger partial charge in [0.1, 0.15) is 5.75 Å². The largest absolute Gasteiger partial charge is 0.493 e. The monoisotopic (exact) mass is 428 g/mol. The normalized spacial score (nSPS) is 10.7. The van der Waals surface area contributed by atoms with Gasteiger partial charge in [0.25, 0.3) is 5.91 Å². The zero-order valence-electron chi connectivity index (χ0n) is 11.8. The van der Waals surface area contributed by atoms with Gasteiger partial charge in [0.15, 0.2) is 0 Å². The summed E-state index contributed by atoms with van der Waals surface area (Å²) in [6, 6.07) is 12.3. The molecule has 1 N–H and O–H groups in total. The Hall–Kier alpha value is -1.60. The van der Waals surface area contributed by atoms with Crippen molar-refractivity contribution in [3.05, 3.63) is 62.2 Å². The van der Waals surface area contributed by atoms with E-state index >= 15 is 0 Å². The van der Waals surface area contributed by atoms with Crippen molar-refractivity contribution in [2.75, 3.05) is 6.61 Å². The summed E-state index contributed by atoms with van der Waals surface area (Å²) in [6.07, 6.45) is 1.59. The fourth-order valence-corrected chi connectivity index (χ4v) is 2.52. The predicted molar refractivity (Wildman–Crippen MR) is 96.8 cm³/mol. The SMILES string of the molecule is CCOc1ccc(/C=N\NC(=O)c2ccc(Cl)cc2)cc1I. The Morgan fingerprint density at radius 3 is 2.68 bits per heavy atom. The number of benzene rings is 2. The van der Waals surface area contributed by atoms with E-state index in [9.17, 15) is 4.79 Å². The molecule has 2 aromatic carbocycles. The first-order valence-corrected chi connectivity index (χ1v) is 8.07. The van der Waals surface area contributed by atoms with E-state index < -0.39 is 0 Å². The predicted octanol–water partition coefficient (Wildman–Crippen LogP) is 4.11. The third-order valence-corrected chi connectivity index (χ3v) is 3.84. The van der Waals surface area contributed by atoms with Crippen LogP contribution in [-0.2, 0) is 0 Å². The number of carbonyl (C=O) groups is 1. The van der Waals surface area contributed by atoms with Crippen LogP contribution >= 0.6 is 34.2 Å². The van der Waals surface area contributed by atoms with Gasteiger partial charge in [-0.1, -0.05) is 11.6 Å². The average molecular weight is 429 g/mol. The van der Waals surface area contributed by atoms with Crippen LogP contribution in [0.4, 0.5) is 0 Å². The summed E-state index contributed by atoms with van der Waals surface area (Å²) in [7, 11) is 0. The van der Waals surface area contributed by atoms with Crippen molar-refractivity contribution in [1.82, 2.24) is 5.43 Å². The second kappa shape index (κ2) is 8.14. The number of hydrogen-bond acceptors (Lipinski definition) is 3. The van der Waals surface area contributed by atoms with Crippen LogP contribution in [0.25, 0.3) is 0 Å². The molecular weight excluding hydrogens is 415 g/mol. The Bertz CT molecular complexity index is 687. The number of hydrazone groups is 1. The summed E-state index contributed by atoms with van der Waals surface area (Å²) < 4.78 is 6.46. The lowest BCUT2D eigenvalue weighted by atomic mass is 10.2. The standard InChI is InChI=1S/C16H14ClIN2O2/c1-2-22-15-8-3-11(9-14(15)18)10-19-20-16(21)12-4-6-13(17)7-5-12/h3-10H,2H2,1H3,(H,20,21)/b19-10-. The minimum atomic E-state index is -0.284. The molecule has 0 aliphatic rings. The highest BCUT2D eigenvalue weighted by Crippen LogP contribution is 2.21. The van der Waals surface area contributed by atoms with Crippen molar-refractivity contribution >= 4 is 46.3 Å². The maximum atomic E-state index is 11.9. The molecule has 114 valence electrons. The molecule has 0 aliphatic carbocycles. The minimum absolute atomic E-state index is 0.284. The molecule has 0 atom stereocenters. The van der Waals surface area contributed by atoms with Crippen molar-refractivity contribution in [2.24, 2.45) is 5.10 Å². The van der Waals surface area contributed by atoms with Crippen LogP contribution in [0.1, 0.15) is 22.8 Å². The summed E-state index contributed by atoms with van der Waals surface area (Å²) in [5.74, 6) is 0.555. The average Bonchev–Trinajstić information content (AvgIpc) is 2.50. The Balaban J connectivity index is 1.98. The van der Waals surface area contributed by atoms with E-state index in [1.807, 2.05) is 25.1 Å². The third-order valence-electron chi connectivity index (χ3n) is 2.74. The van der Waals surface area contributed by atoms with Crippen molar-refractivity contribution in [3.63, 3.8) is 0 Å². The van der Waals surface area contributed by atoms with Gasteiger partial charge < -0.3 is 4.74 Å². The second-order valence-corrected chi connectivity index (χ2v) is 5.93. The summed E-state index contributed by atoms with van der Waals surface area (Å²) in [5, 5.41) is 4.54. The molecule has 4 nitrogen and oxygen atoms in total. The van der Waals surface area contributed by atoms with Gasteiger partial charge in [-0.2, -0.15) is 5.10 Å². The van der Waals surface area contributed by atoms with E-state index in [-0.39, 0.29) is 5.91 Å². The van der Waals surface area contributed by atoms with Crippen LogP contribution in [0.15, 0.2) is 47.6 Å². The zero-order valence-corrected chi connectivity index (χ0v) is 14.8. The van der Waals surface area contributed by atoms with E-state index in [1.54, 1.807) is 30.5 Å². The summed E-state index contributed by atoms with van der Waals surface area (Å²) in [4.78, 5) is 11.9. The first-order valence-electron chi connectivity index (χ1n) is 6.61. The van der Waals surface area contributed by atoms with Gasteiger partial charge in [0.2, 0.25) is 0 Å². The molecule has 0 fully saturated rings. The molecule has 6 heteroatoms. The van der Waals surface area contributed by atoms with Gasteiger partial charge in [-0.3, -0.25) is 4.79 Å². The number of ether oxygens (including phenoxy) is 1. The number of hydrogen-bond donors (Lipinski definition) is 1. The molecule has 0 aliphatic heterocycles. The van der Waals surface area contributed by atoms with Crippen LogP contribution in [0, 0.1) is 3.57 Å². The molecule has 22 heavy (non-hydrogen) atoms. The van der Waals surface area contributed by atoms with Crippen molar-refractivity contribution < 1.29 is 9.53 Å². The van der Waals surface area contributed by atoms with Gasteiger partial charge in [0, 0.05) is 10.6 Å². The lowest BCUT2D eigenvalue weighted by Crippen LogP contribution is -2.17. The molecule has 0 aromatic heterocycles. The van der Waals surface area contributed by atoms with Gasteiger partial charge in [-0.15, -0.1) is 0 Å². The highest BCUT2D eigenvalue weighted by molar-refractivity contribution is 14.1. The van der Waals surface area contributed by atoms with Crippen molar-refractivity contribution in [3.8, 4) is 5.75 Å². The fourth-order valence-electron chi connectivity index (χ4n) is 1.70. The third kappa shape index (κ3) is 4.71. The molecule has 0 unspecified atom stereocenters. The smallest absolute Gasteiger partial charge is 0.271 e. The Kier molecular flexibility index (Phi) is 6.21. The maximum Gasteiger partial charge on any atom is 0.271 e. The van der Waals surface area contributed by atoms with Crippen LogP contribution in [0.3, 0.4) is 0 Å². The molecule has 0 saturated carbocycles. The zero-order chi connectivity index (χ0) is 15.9. The molecule has 0 bridgehead atoms. The molecule has 2 aromatic rings. The van der Waals surface area contributed by atoms with Gasteiger partial charge in [-0.25, -0.2) is 5.43 Å². The first kappa shape index (κ1) is 16.8. The highest BCUT2D eigenvalue weighted by Gasteiger charge is 2.04. The van der Waals surface area contributed by atoms with Gasteiger partial charge in [0.05, 0.1) is 16.4 Å². The quantitative estimate of drug-likeness (QED) is 0.443. The fraction of sp³-hybridized carbons (Fsp3) is 0.125. The van der Waals surface area contributed by atoms with Crippen LogP contribution in [0.5, 0.6) is 5.75 Å². The van der Waals surface area contributed by atoms with Gasteiger partial charge >= 0.3 is 0 Å². The van der Waals surface area contributed by atoms with E-state index in [0.29, 0.717) is 17.2 Å². The maximum absolute atomic E-state index is 11.9. The summed E-state index contributed by atoms with van der Waals surface area (Å²) >= 11 is 7.98. The van der Waals surface area contributed by atoms with Crippen LogP contribution in [-0.4, -0.2) is 18.7 Å². The molecule has 0 heterocycles. The second-order valence-electron chi connectivity index (χ2n) is 4.33. The topological polar surface area (TPSA) is 50.7 Å². The first-order chi connectivity index (χ1) is 10.6. The number of nitrogens with one attached hydrogen (secondary N) is 1. The number of nitrogens with zero attached hydrogens (tertiary/aromatic N) is 1. The number of rotatable bonds is 5. The van der Waals surface area contributed by atoms with E-state index in [0.717, 1.165) is 14.9 Å². The molecule has 0 radical (unpaired) electrons. The molecule has 1 amide bonds. The number of carbonyl (C=O) groups excluding carboxylic acids is 1. The Morgan fingerprint density at radius 2 is 2.05 bits per heavy atom. The van der Waals surface area contributed by atoms with Gasteiger partial charge in [-0.05, 0) is 77.5 Å². The summed E-state index contributed by atoms with van der Waals surface area (Å²) in [6.45, 7) is 2.57. The van der Waals surface area contributed by atoms with E-state index in [1.165, 1.54) is 0 Å². The molecular formula is C16H14ClIN2O2. The minimum Gasteiger partial charge on any atom is -0.493 e. The molecule has 0 saturated heterocycles. The Labute approximate surface area is 147 Å². The molecule has 0 spiro atoms. The van der Waals surface area contributed by atoms with Crippen LogP contribution < -0.4 is 10.2 Å². The van der Waals surface area contributed by atoms with Crippen LogP contribution in [0.2, 0.25) is 5.02 Å². The van der Waals surface area contributed by atoms with Crippen molar-refractivity contribution in [2.45, 2.75) is 6.92 Å².